The van der Waals surface area contributed by atoms with Crippen LogP contribution in [0.25, 0.3) is 11.5 Å². The van der Waals surface area contributed by atoms with Crippen molar-refractivity contribution in [1.82, 2.24) is 19.7 Å². The molecule has 0 radical (unpaired) electrons. The third-order valence-corrected chi connectivity index (χ3v) is 2.86. The zero-order valence-electron chi connectivity index (χ0n) is 9.85. The molecule has 86 valence electrons. The average Bonchev–Trinajstić information content (AvgIpc) is 2.70. The van der Waals surface area contributed by atoms with E-state index in [-0.39, 0.29) is 5.41 Å². The molecule has 5 nitrogen and oxygen atoms in total. The Hall–Kier alpha value is -1.43. The zero-order valence-corrected chi connectivity index (χ0v) is 10.7. The summed E-state index contributed by atoms with van der Waals surface area (Å²) in [6.45, 7) is 6.25. The van der Waals surface area contributed by atoms with Gasteiger partial charge in [-0.15, -0.1) is 11.3 Å². The van der Waals surface area contributed by atoms with Crippen LogP contribution >= 0.6 is 11.3 Å². The number of hydrogen-bond donors (Lipinski definition) is 1. The van der Waals surface area contributed by atoms with E-state index < -0.39 is 0 Å². The van der Waals surface area contributed by atoms with Crippen LogP contribution in [0.5, 0.6) is 0 Å². The van der Waals surface area contributed by atoms with E-state index >= 15 is 0 Å². The fourth-order valence-corrected chi connectivity index (χ4v) is 1.86. The summed E-state index contributed by atoms with van der Waals surface area (Å²) in [6.07, 6.45) is 0. The fourth-order valence-electron chi connectivity index (χ4n) is 1.32. The van der Waals surface area contributed by atoms with Crippen LogP contribution in [-0.2, 0) is 12.5 Å². The van der Waals surface area contributed by atoms with E-state index in [0.717, 1.165) is 17.3 Å². The molecule has 2 aromatic rings. The number of thiazole rings is 1. The Morgan fingerprint density at radius 1 is 1.31 bits per heavy atom. The second-order valence-corrected chi connectivity index (χ2v) is 5.59. The van der Waals surface area contributed by atoms with Gasteiger partial charge in [0, 0.05) is 17.8 Å². The Bertz CT molecular complexity index is 506. The lowest BCUT2D eigenvalue weighted by Gasteiger charge is -2.11. The van der Waals surface area contributed by atoms with Gasteiger partial charge in [-0.1, -0.05) is 20.8 Å². The third kappa shape index (κ3) is 1.92. The van der Waals surface area contributed by atoms with Crippen LogP contribution in [0, 0.1) is 0 Å². The lowest BCUT2D eigenvalue weighted by atomic mass is 9.96. The van der Waals surface area contributed by atoms with Crippen molar-refractivity contribution in [3.05, 3.63) is 11.2 Å². The number of nitrogen functional groups attached to an aromatic ring is 1. The molecule has 0 saturated heterocycles. The molecule has 0 amide bonds. The predicted molar refractivity (Wildman–Crippen MR) is 65.2 cm³/mol. The first-order valence-electron chi connectivity index (χ1n) is 5.01. The molecule has 6 heteroatoms. The number of hydrogen-bond acceptors (Lipinski definition) is 5. The van der Waals surface area contributed by atoms with Gasteiger partial charge in [-0.3, -0.25) is 0 Å². The molecule has 16 heavy (non-hydrogen) atoms. The van der Waals surface area contributed by atoms with Gasteiger partial charge in [0.15, 0.2) is 16.8 Å². The lowest BCUT2D eigenvalue weighted by Crippen LogP contribution is -2.13. The molecule has 2 heterocycles. The van der Waals surface area contributed by atoms with Crippen molar-refractivity contribution in [1.29, 1.82) is 0 Å². The topological polar surface area (TPSA) is 69.6 Å². The minimum atomic E-state index is -0.0580. The molecular formula is C10H15N5S. The van der Waals surface area contributed by atoms with E-state index in [2.05, 4.69) is 35.8 Å². The lowest BCUT2D eigenvalue weighted by molar-refractivity contribution is 0.538. The van der Waals surface area contributed by atoms with Gasteiger partial charge in [0.25, 0.3) is 0 Å². The van der Waals surface area contributed by atoms with Gasteiger partial charge < -0.3 is 5.73 Å². The molecule has 2 N–H and O–H groups in total. The Balaban J connectivity index is 2.47. The van der Waals surface area contributed by atoms with Gasteiger partial charge in [-0.05, 0) is 0 Å². The summed E-state index contributed by atoms with van der Waals surface area (Å²) in [4.78, 5) is 8.72. The highest BCUT2D eigenvalue weighted by Crippen LogP contribution is 2.24. The molecule has 0 unspecified atom stereocenters. The molecule has 0 spiro atoms. The smallest absolute Gasteiger partial charge is 0.180 e. The van der Waals surface area contributed by atoms with Gasteiger partial charge >= 0.3 is 0 Å². The predicted octanol–water partition coefficient (Wildman–Crippen LogP) is 1.82. The molecule has 0 aliphatic rings. The molecule has 2 aromatic heterocycles. The van der Waals surface area contributed by atoms with E-state index in [1.807, 2.05) is 12.4 Å². The molecule has 0 saturated carbocycles. The summed E-state index contributed by atoms with van der Waals surface area (Å²) >= 11 is 1.41. The maximum Gasteiger partial charge on any atom is 0.180 e. The Morgan fingerprint density at radius 3 is 2.44 bits per heavy atom. The van der Waals surface area contributed by atoms with Crippen molar-refractivity contribution in [3.8, 4) is 11.5 Å². The molecule has 2 rings (SSSR count). The summed E-state index contributed by atoms with van der Waals surface area (Å²) in [6, 6.07) is 0. The van der Waals surface area contributed by atoms with E-state index in [4.69, 9.17) is 5.73 Å². The first kappa shape index (κ1) is 11.1. The van der Waals surface area contributed by atoms with Gasteiger partial charge in [-0.2, -0.15) is 5.10 Å². The van der Waals surface area contributed by atoms with Gasteiger partial charge in [-0.25, -0.2) is 14.6 Å². The summed E-state index contributed by atoms with van der Waals surface area (Å²) in [5.41, 5.74) is 6.34. The van der Waals surface area contributed by atoms with Crippen molar-refractivity contribution < 1.29 is 0 Å². The highest BCUT2D eigenvalue weighted by atomic mass is 32.1. The largest absolute Gasteiger partial charge is 0.375 e. The highest BCUT2D eigenvalue weighted by molar-refractivity contribution is 7.13. The second-order valence-electron chi connectivity index (χ2n) is 4.70. The van der Waals surface area contributed by atoms with Gasteiger partial charge in [0.2, 0.25) is 0 Å². The number of rotatable bonds is 1. The van der Waals surface area contributed by atoms with E-state index in [1.54, 1.807) is 4.68 Å². The monoisotopic (exact) mass is 237 g/mol. The molecule has 0 aliphatic heterocycles. The normalized spacial score (nSPS) is 12.0. The van der Waals surface area contributed by atoms with Crippen LogP contribution in [0.2, 0.25) is 0 Å². The standard InChI is InChI=1S/C10H15N5S/c1-10(2,3)8-13-7(15(4)14-8)6-5-16-9(11)12-6/h5H,1-4H3,(H2,11,12). The summed E-state index contributed by atoms with van der Waals surface area (Å²) in [7, 11) is 1.87. The SMILES string of the molecule is Cn1nc(C(C)(C)C)nc1-c1csc(N)n1. The number of nitrogens with zero attached hydrogens (tertiary/aromatic N) is 4. The van der Waals surface area contributed by atoms with Crippen molar-refractivity contribution >= 4 is 16.5 Å². The van der Waals surface area contributed by atoms with Crippen molar-refractivity contribution in [2.75, 3.05) is 5.73 Å². The maximum atomic E-state index is 5.61. The number of nitrogens with two attached hydrogens (primary N) is 1. The van der Waals surface area contributed by atoms with Crippen LogP contribution in [0.15, 0.2) is 5.38 Å². The summed E-state index contributed by atoms with van der Waals surface area (Å²) in [5, 5.41) is 6.84. The first-order valence-corrected chi connectivity index (χ1v) is 5.89. The Kier molecular flexibility index (Phi) is 2.46. The average molecular weight is 237 g/mol. The van der Waals surface area contributed by atoms with Crippen molar-refractivity contribution in [2.24, 2.45) is 7.05 Å². The Morgan fingerprint density at radius 2 is 2.00 bits per heavy atom. The van der Waals surface area contributed by atoms with Crippen LogP contribution in [0.1, 0.15) is 26.6 Å². The first-order chi connectivity index (χ1) is 7.38. The van der Waals surface area contributed by atoms with Gasteiger partial charge in [0.1, 0.15) is 5.69 Å². The minimum absolute atomic E-state index is 0.0580. The number of aromatic nitrogens is 4. The maximum absolute atomic E-state index is 5.61. The molecular weight excluding hydrogens is 222 g/mol. The van der Waals surface area contributed by atoms with E-state index in [0.29, 0.717) is 5.13 Å². The van der Waals surface area contributed by atoms with Crippen LogP contribution in [0.4, 0.5) is 5.13 Å². The summed E-state index contributed by atoms with van der Waals surface area (Å²) < 4.78 is 1.75. The number of aryl methyl sites for hydroxylation is 1. The zero-order chi connectivity index (χ0) is 11.9. The van der Waals surface area contributed by atoms with Crippen molar-refractivity contribution in [3.63, 3.8) is 0 Å². The second kappa shape index (κ2) is 3.55. The fraction of sp³-hybridized carbons (Fsp3) is 0.500. The van der Waals surface area contributed by atoms with E-state index in [1.165, 1.54) is 11.3 Å². The van der Waals surface area contributed by atoms with Crippen LogP contribution in [-0.4, -0.2) is 19.7 Å². The molecule has 0 aliphatic carbocycles. The van der Waals surface area contributed by atoms with Gasteiger partial charge in [0.05, 0.1) is 0 Å². The van der Waals surface area contributed by atoms with Crippen molar-refractivity contribution in [2.45, 2.75) is 26.2 Å². The summed E-state index contributed by atoms with van der Waals surface area (Å²) in [5.74, 6) is 1.58. The highest BCUT2D eigenvalue weighted by Gasteiger charge is 2.22. The molecule has 0 bridgehead atoms. The molecule has 0 fully saturated rings. The molecule has 0 atom stereocenters. The van der Waals surface area contributed by atoms with Crippen LogP contribution < -0.4 is 5.73 Å². The number of anilines is 1. The van der Waals surface area contributed by atoms with E-state index in [9.17, 15) is 0 Å². The third-order valence-electron chi connectivity index (χ3n) is 2.18. The van der Waals surface area contributed by atoms with Crippen LogP contribution in [0.3, 0.4) is 0 Å². The quantitative estimate of drug-likeness (QED) is 0.821. The Labute approximate surface area is 98.3 Å². The molecule has 0 aromatic carbocycles. The minimum Gasteiger partial charge on any atom is -0.375 e.